The number of nitrogens with zero attached hydrogens (tertiary/aromatic N) is 1. The quantitative estimate of drug-likeness (QED) is 0.639. The van der Waals surface area contributed by atoms with Crippen molar-refractivity contribution >= 4 is 17.3 Å². The number of hydrogen-bond donors (Lipinski definition) is 2. The van der Waals surface area contributed by atoms with Crippen molar-refractivity contribution in [2.75, 3.05) is 12.4 Å². The van der Waals surface area contributed by atoms with Gasteiger partial charge in [-0.1, -0.05) is 13.8 Å². The number of hydrogen-bond acceptors (Lipinski definition) is 5. The predicted octanol–water partition coefficient (Wildman–Crippen LogP) is 2.52. The van der Waals surface area contributed by atoms with Crippen molar-refractivity contribution in [3.8, 4) is 0 Å². The van der Waals surface area contributed by atoms with Crippen molar-refractivity contribution in [2.24, 2.45) is 5.41 Å². The number of carboxylic acid groups (broad SMARTS) is 1. The Balaban J connectivity index is 2.21. The average Bonchev–Trinajstić information content (AvgIpc) is 2.42. The Morgan fingerprint density at radius 1 is 1.52 bits per heavy atom. The molecule has 1 aromatic rings. The van der Waals surface area contributed by atoms with Crippen LogP contribution in [-0.4, -0.2) is 35.3 Å². The van der Waals surface area contributed by atoms with Gasteiger partial charge in [-0.15, -0.1) is 0 Å². The molecule has 0 spiro atoms. The molecule has 0 bridgehead atoms. The fourth-order valence-electron chi connectivity index (χ4n) is 2.69. The Morgan fingerprint density at radius 3 is 2.67 bits per heavy atom. The van der Waals surface area contributed by atoms with Gasteiger partial charge in [0.05, 0.1) is 11.0 Å². The highest BCUT2D eigenvalue weighted by Crippen LogP contribution is 2.44. The van der Waals surface area contributed by atoms with Crippen LogP contribution in [0.1, 0.15) is 30.6 Å². The average molecular weight is 294 g/mol. The van der Waals surface area contributed by atoms with E-state index < -0.39 is 16.6 Å². The van der Waals surface area contributed by atoms with Crippen molar-refractivity contribution in [2.45, 2.75) is 32.4 Å². The molecule has 1 aliphatic carbocycles. The van der Waals surface area contributed by atoms with Crippen LogP contribution < -0.4 is 5.32 Å². The fraction of sp³-hybridized carbons (Fsp3) is 0.500. The van der Waals surface area contributed by atoms with Gasteiger partial charge >= 0.3 is 5.97 Å². The van der Waals surface area contributed by atoms with E-state index in [0.717, 1.165) is 6.42 Å². The van der Waals surface area contributed by atoms with Crippen molar-refractivity contribution in [1.82, 2.24) is 0 Å². The topological polar surface area (TPSA) is 102 Å². The van der Waals surface area contributed by atoms with E-state index in [2.05, 4.69) is 19.2 Å². The number of rotatable bonds is 5. The van der Waals surface area contributed by atoms with Gasteiger partial charge in [-0.25, -0.2) is 4.79 Å². The van der Waals surface area contributed by atoms with Crippen molar-refractivity contribution in [3.63, 3.8) is 0 Å². The number of carboxylic acids is 1. The first-order valence-electron chi connectivity index (χ1n) is 6.58. The molecule has 1 fully saturated rings. The summed E-state index contributed by atoms with van der Waals surface area (Å²) in [6.45, 7) is 4.12. The number of methoxy groups -OCH3 is 1. The molecule has 7 nitrogen and oxygen atoms in total. The van der Waals surface area contributed by atoms with Crippen LogP contribution in [0.2, 0.25) is 0 Å². The summed E-state index contributed by atoms with van der Waals surface area (Å²) in [4.78, 5) is 21.2. The SMILES string of the molecule is COC1CC(Nc2ccc([N+](=O)[O-])c(C(=O)O)c2)C1(C)C. The summed E-state index contributed by atoms with van der Waals surface area (Å²) in [5.74, 6) is -1.31. The van der Waals surface area contributed by atoms with Crippen LogP contribution in [0.15, 0.2) is 18.2 Å². The van der Waals surface area contributed by atoms with E-state index in [0.29, 0.717) is 5.69 Å². The highest BCUT2D eigenvalue weighted by atomic mass is 16.6. The minimum Gasteiger partial charge on any atom is -0.477 e. The van der Waals surface area contributed by atoms with E-state index in [1.165, 1.54) is 18.2 Å². The van der Waals surface area contributed by atoms with Gasteiger partial charge in [0.15, 0.2) is 0 Å². The maximum atomic E-state index is 11.1. The monoisotopic (exact) mass is 294 g/mol. The Hall–Kier alpha value is -2.15. The third-order valence-electron chi connectivity index (χ3n) is 4.23. The number of nitrogens with one attached hydrogen (secondary N) is 1. The van der Waals surface area contributed by atoms with Gasteiger partial charge in [-0.3, -0.25) is 10.1 Å². The predicted molar refractivity (Wildman–Crippen MR) is 76.7 cm³/mol. The molecule has 2 rings (SSSR count). The number of nitro benzene ring substituents is 1. The summed E-state index contributed by atoms with van der Waals surface area (Å²) in [6, 6.07) is 4.17. The first-order valence-corrected chi connectivity index (χ1v) is 6.58. The van der Waals surface area contributed by atoms with Crippen LogP contribution in [0, 0.1) is 15.5 Å². The van der Waals surface area contributed by atoms with Crippen molar-refractivity contribution in [1.29, 1.82) is 0 Å². The maximum Gasteiger partial charge on any atom is 0.342 e. The van der Waals surface area contributed by atoms with Gasteiger partial charge in [-0.2, -0.15) is 0 Å². The van der Waals surface area contributed by atoms with Gasteiger partial charge in [-0.05, 0) is 18.6 Å². The zero-order valence-corrected chi connectivity index (χ0v) is 12.1. The van der Waals surface area contributed by atoms with E-state index in [9.17, 15) is 14.9 Å². The van der Waals surface area contributed by atoms with E-state index in [4.69, 9.17) is 9.84 Å². The summed E-state index contributed by atoms with van der Waals surface area (Å²) < 4.78 is 5.36. The number of nitro groups is 1. The highest BCUT2D eigenvalue weighted by Gasteiger charge is 2.48. The van der Waals surface area contributed by atoms with Crippen LogP contribution in [0.25, 0.3) is 0 Å². The maximum absolute atomic E-state index is 11.1. The normalized spacial score (nSPS) is 23.2. The minimum absolute atomic E-state index is 0.0834. The number of ether oxygens (including phenoxy) is 1. The van der Waals surface area contributed by atoms with E-state index in [1.54, 1.807) is 7.11 Å². The van der Waals surface area contributed by atoms with Gasteiger partial charge in [0, 0.05) is 30.3 Å². The first-order chi connectivity index (χ1) is 9.77. The summed E-state index contributed by atoms with van der Waals surface area (Å²) >= 11 is 0. The molecule has 0 saturated heterocycles. The third-order valence-corrected chi connectivity index (χ3v) is 4.23. The number of aromatic carboxylic acids is 1. The Kier molecular flexibility index (Phi) is 3.87. The molecule has 0 aromatic heterocycles. The van der Waals surface area contributed by atoms with Crippen molar-refractivity contribution in [3.05, 3.63) is 33.9 Å². The third kappa shape index (κ3) is 2.69. The lowest BCUT2D eigenvalue weighted by Crippen LogP contribution is -2.57. The Morgan fingerprint density at radius 2 is 2.19 bits per heavy atom. The molecule has 1 saturated carbocycles. The molecule has 7 heteroatoms. The molecule has 0 radical (unpaired) electrons. The number of carbonyl (C=O) groups is 1. The number of anilines is 1. The van der Waals surface area contributed by atoms with Crippen LogP contribution in [0.5, 0.6) is 0 Å². The molecule has 1 aromatic carbocycles. The van der Waals surface area contributed by atoms with Crippen LogP contribution in [0.3, 0.4) is 0 Å². The van der Waals surface area contributed by atoms with Crippen LogP contribution in [-0.2, 0) is 4.74 Å². The molecule has 1 aliphatic rings. The molecule has 0 aliphatic heterocycles. The lowest BCUT2D eigenvalue weighted by Gasteiger charge is -2.51. The smallest absolute Gasteiger partial charge is 0.342 e. The minimum atomic E-state index is -1.31. The summed E-state index contributed by atoms with van der Waals surface area (Å²) in [5.41, 5.74) is -0.244. The second kappa shape index (κ2) is 5.33. The van der Waals surface area contributed by atoms with Crippen molar-refractivity contribution < 1.29 is 19.6 Å². The van der Waals surface area contributed by atoms with E-state index >= 15 is 0 Å². The van der Waals surface area contributed by atoms with Crippen LogP contribution >= 0.6 is 0 Å². The highest BCUT2D eigenvalue weighted by molar-refractivity contribution is 5.93. The molecule has 0 amide bonds. The zero-order valence-electron chi connectivity index (χ0n) is 12.1. The number of benzene rings is 1. The lowest BCUT2D eigenvalue weighted by molar-refractivity contribution is -0.385. The summed E-state index contributed by atoms with van der Waals surface area (Å²) in [7, 11) is 1.66. The lowest BCUT2D eigenvalue weighted by atomic mass is 9.64. The largest absolute Gasteiger partial charge is 0.477 e. The summed E-state index contributed by atoms with van der Waals surface area (Å²) in [5, 5.41) is 23.1. The van der Waals surface area contributed by atoms with Gasteiger partial charge in [0.1, 0.15) is 5.56 Å². The van der Waals surface area contributed by atoms with Gasteiger partial charge < -0.3 is 15.2 Å². The molecule has 2 atom stereocenters. The van der Waals surface area contributed by atoms with Gasteiger partial charge in [0.2, 0.25) is 0 Å². The first kappa shape index (κ1) is 15.2. The van der Waals surface area contributed by atoms with Crippen LogP contribution in [0.4, 0.5) is 11.4 Å². The van der Waals surface area contributed by atoms with Gasteiger partial charge in [0.25, 0.3) is 5.69 Å². The molecule has 2 N–H and O–H groups in total. The van der Waals surface area contributed by atoms with E-state index in [-0.39, 0.29) is 23.1 Å². The summed E-state index contributed by atoms with van der Waals surface area (Å²) in [6.07, 6.45) is 0.954. The Bertz CT molecular complexity index is 585. The van der Waals surface area contributed by atoms with E-state index in [1.807, 2.05) is 0 Å². The molecule has 2 unspecified atom stereocenters. The second-order valence-electron chi connectivity index (χ2n) is 5.77. The molecular weight excluding hydrogens is 276 g/mol. The molecule has 114 valence electrons. The molecule has 21 heavy (non-hydrogen) atoms. The fourth-order valence-corrected chi connectivity index (χ4v) is 2.69. The molecule has 0 heterocycles. The Labute approximate surface area is 122 Å². The molecular formula is C14H18N2O5. The standard InChI is InChI=1S/C14H18N2O5/c1-14(2)11(7-12(14)21-3)15-8-4-5-10(16(19)20)9(6-8)13(17)18/h4-6,11-12,15H,7H2,1-3H3,(H,17,18). The zero-order chi connectivity index (χ0) is 15.8. The second-order valence-corrected chi connectivity index (χ2v) is 5.77.